The third-order valence-corrected chi connectivity index (χ3v) is 4.38. The van der Waals surface area contributed by atoms with Crippen LogP contribution >= 0.6 is 0 Å². The zero-order valence-corrected chi connectivity index (χ0v) is 12.8. The van der Waals surface area contributed by atoms with Crippen LogP contribution in [0, 0.1) is 5.92 Å². The molecule has 3 rings (SSSR count). The van der Waals surface area contributed by atoms with Gasteiger partial charge in [-0.2, -0.15) is 0 Å². The van der Waals surface area contributed by atoms with Crippen molar-refractivity contribution in [1.29, 1.82) is 0 Å². The second kappa shape index (κ2) is 6.77. The second-order valence-electron chi connectivity index (χ2n) is 6.00. The zero-order chi connectivity index (χ0) is 15.4. The van der Waals surface area contributed by atoms with E-state index in [-0.39, 0.29) is 17.9 Å². The Morgan fingerprint density at radius 2 is 2.14 bits per heavy atom. The van der Waals surface area contributed by atoms with Crippen LogP contribution < -0.4 is 0 Å². The van der Waals surface area contributed by atoms with Gasteiger partial charge < -0.3 is 9.74 Å². The summed E-state index contributed by atoms with van der Waals surface area (Å²) in [4.78, 5) is 19.8. The van der Waals surface area contributed by atoms with Crippen molar-refractivity contribution in [2.45, 2.75) is 31.8 Å². The van der Waals surface area contributed by atoms with E-state index < -0.39 is 0 Å². The smallest absolute Gasteiger partial charge is 0.226 e. The number of oxime groups is 1. The molecule has 4 nitrogen and oxygen atoms in total. The molecule has 4 heteroatoms. The lowest BCUT2D eigenvalue weighted by Gasteiger charge is -2.32. The molecule has 1 fully saturated rings. The average molecular weight is 298 g/mol. The topological polar surface area (TPSA) is 41.9 Å². The fourth-order valence-electron chi connectivity index (χ4n) is 2.90. The fourth-order valence-corrected chi connectivity index (χ4v) is 2.90. The molecule has 0 aromatic heterocycles. The second-order valence-corrected chi connectivity index (χ2v) is 6.00. The van der Waals surface area contributed by atoms with Gasteiger partial charge in [-0.25, -0.2) is 0 Å². The van der Waals surface area contributed by atoms with Gasteiger partial charge in [0.25, 0.3) is 0 Å². The molecule has 1 heterocycles. The van der Waals surface area contributed by atoms with Gasteiger partial charge in [0.05, 0.1) is 12.3 Å². The van der Waals surface area contributed by atoms with E-state index in [4.69, 9.17) is 4.84 Å². The lowest BCUT2D eigenvalue weighted by Crippen LogP contribution is -2.43. The molecule has 1 saturated carbocycles. The van der Waals surface area contributed by atoms with Crippen molar-refractivity contribution in [2.24, 2.45) is 11.1 Å². The van der Waals surface area contributed by atoms with Crippen LogP contribution in [0.2, 0.25) is 0 Å². The summed E-state index contributed by atoms with van der Waals surface area (Å²) < 4.78 is 0. The average Bonchev–Trinajstić information content (AvgIpc) is 2.94. The highest BCUT2D eigenvalue weighted by Gasteiger charge is 2.32. The molecule has 0 bridgehead atoms. The van der Waals surface area contributed by atoms with Crippen molar-refractivity contribution in [3.8, 4) is 0 Å². The predicted molar refractivity (Wildman–Crippen MR) is 86.6 cm³/mol. The quantitative estimate of drug-likeness (QED) is 0.758. The summed E-state index contributed by atoms with van der Waals surface area (Å²) in [5.41, 5.74) is 2.05. The Bertz CT molecular complexity index is 564. The summed E-state index contributed by atoms with van der Waals surface area (Å²) in [6.07, 6.45) is 5.67. The molecule has 2 aliphatic rings. The number of nitrogens with zero attached hydrogens (tertiary/aromatic N) is 2. The molecular weight excluding hydrogens is 276 g/mol. The van der Waals surface area contributed by atoms with Crippen LogP contribution in [0.25, 0.3) is 0 Å². The molecule has 0 saturated heterocycles. The lowest BCUT2D eigenvalue weighted by atomic mass is 9.84. The molecule has 116 valence electrons. The summed E-state index contributed by atoms with van der Waals surface area (Å²) >= 11 is 0. The molecule has 0 N–H and O–H groups in total. The maximum absolute atomic E-state index is 12.4. The standard InChI is InChI=1S/C18H22N2O2/c1-2-11-20(18(21)15-9-6-10-15)13-16-12-17(19-22-16)14-7-4-3-5-8-14/h2-5,7-8,15-16H,1,6,9-13H2/t16-/m1/s1. The van der Waals surface area contributed by atoms with Gasteiger partial charge in [-0.05, 0) is 18.4 Å². The molecule has 1 aliphatic carbocycles. The molecule has 22 heavy (non-hydrogen) atoms. The fraction of sp³-hybridized carbons (Fsp3) is 0.444. The van der Waals surface area contributed by atoms with Gasteiger partial charge in [0, 0.05) is 18.9 Å². The van der Waals surface area contributed by atoms with Crippen molar-refractivity contribution < 1.29 is 9.63 Å². The van der Waals surface area contributed by atoms with Gasteiger partial charge in [-0.3, -0.25) is 4.79 Å². The predicted octanol–water partition coefficient (Wildman–Crippen LogP) is 2.99. The maximum atomic E-state index is 12.4. The molecule has 1 aliphatic heterocycles. The Hall–Kier alpha value is -2.10. The Kier molecular flexibility index (Phi) is 4.56. The minimum absolute atomic E-state index is 0.0563. The Morgan fingerprint density at radius 1 is 1.36 bits per heavy atom. The van der Waals surface area contributed by atoms with E-state index in [1.165, 1.54) is 6.42 Å². The molecule has 1 atom stereocenters. The van der Waals surface area contributed by atoms with Crippen molar-refractivity contribution >= 4 is 11.6 Å². The SMILES string of the molecule is C=CCN(C[C@H]1CC(c2ccccc2)=NO1)C(=O)C1CCC1. The van der Waals surface area contributed by atoms with Crippen LogP contribution in [-0.2, 0) is 9.63 Å². The number of carbonyl (C=O) groups is 1. The molecule has 0 radical (unpaired) electrons. The normalized spacial score (nSPS) is 20.7. The van der Waals surface area contributed by atoms with Crippen molar-refractivity contribution in [3.63, 3.8) is 0 Å². The summed E-state index contributed by atoms with van der Waals surface area (Å²) in [5.74, 6) is 0.443. The molecule has 0 unspecified atom stereocenters. The van der Waals surface area contributed by atoms with Gasteiger partial charge in [0.2, 0.25) is 5.91 Å². The Balaban J connectivity index is 1.58. The third kappa shape index (κ3) is 3.21. The number of carbonyl (C=O) groups excluding carboxylic acids is 1. The number of rotatable bonds is 6. The van der Waals surface area contributed by atoms with Crippen molar-refractivity contribution in [1.82, 2.24) is 4.90 Å². The van der Waals surface area contributed by atoms with Gasteiger partial charge in [-0.1, -0.05) is 48.0 Å². The maximum Gasteiger partial charge on any atom is 0.226 e. The number of benzene rings is 1. The zero-order valence-electron chi connectivity index (χ0n) is 12.8. The molecule has 1 aromatic carbocycles. The minimum Gasteiger partial charge on any atom is -0.390 e. The minimum atomic E-state index is -0.0563. The van der Waals surface area contributed by atoms with E-state index >= 15 is 0 Å². The van der Waals surface area contributed by atoms with Gasteiger partial charge >= 0.3 is 0 Å². The van der Waals surface area contributed by atoms with E-state index in [0.29, 0.717) is 13.1 Å². The van der Waals surface area contributed by atoms with E-state index in [2.05, 4.69) is 11.7 Å². The number of amides is 1. The molecule has 1 amide bonds. The van der Waals surface area contributed by atoms with Gasteiger partial charge in [0.1, 0.15) is 0 Å². The van der Waals surface area contributed by atoms with Crippen LogP contribution in [-0.4, -0.2) is 35.7 Å². The van der Waals surface area contributed by atoms with E-state index in [0.717, 1.165) is 30.5 Å². The van der Waals surface area contributed by atoms with E-state index in [9.17, 15) is 4.79 Å². The summed E-state index contributed by atoms with van der Waals surface area (Å²) in [7, 11) is 0. The summed E-state index contributed by atoms with van der Waals surface area (Å²) in [6, 6.07) is 10.0. The molecule has 0 spiro atoms. The van der Waals surface area contributed by atoms with Crippen LogP contribution in [0.4, 0.5) is 0 Å². The monoisotopic (exact) mass is 298 g/mol. The first-order valence-corrected chi connectivity index (χ1v) is 7.95. The van der Waals surface area contributed by atoms with Crippen LogP contribution in [0.5, 0.6) is 0 Å². The number of hydrogen-bond acceptors (Lipinski definition) is 3. The Morgan fingerprint density at radius 3 is 2.77 bits per heavy atom. The lowest BCUT2D eigenvalue weighted by molar-refractivity contribution is -0.139. The molecule has 1 aromatic rings. The summed E-state index contributed by atoms with van der Waals surface area (Å²) in [6.45, 7) is 4.92. The highest BCUT2D eigenvalue weighted by Crippen LogP contribution is 2.29. The van der Waals surface area contributed by atoms with Crippen LogP contribution in [0.3, 0.4) is 0 Å². The van der Waals surface area contributed by atoms with Crippen LogP contribution in [0.15, 0.2) is 48.1 Å². The van der Waals surface area contributed by atoms with Crippen molar-refractivity contribution in [2.75, 3.05) is 13.1 Å². The first kappa shape index (κ1) is 14.8. The van der Waals surface area contributed by atoms with Gasteiger partial charge in [-0.15, -0.1) is 6.58 Å². The van der Waals surface area contributed by atoms with E-state index in [1.54, 1.807) is 6.08 Å². The first-order valence-electron chi connectivity index (χ1n) is 7.95. The highest BCUT2D eigenvalue weighted by molar-refractivity contribution is 6.01. The third-order valence-electron chi connectivity index (χ3n) is 4.38. The highest BCUT2D eigenvalue weighted by atomic mass is 16.6. The number of hydrogen-bond donors (Lipinski definition) is 0. The van der Waals surface area contributed by atoms with Crippen molar-refractivity contribution in [3.05, 3.63) is 48.6 Å². The summed E-state index contributed by atoms with van der Waals surface area (Å²) in [5, 5.41) is 4.19. The largest absolute Gasteiger partial charge is 0.390 e. The Labute approximate surface area is 131 Å². The van der Waals surface area contributed by atoms with Gasteiger partial charge in [0.15, 0.2) is 6.10 Å². The van der Waals surface area contributed by atoms with E-state index in [1.807, 2.05) is 35.2 Å². The first-order chi connectivity index (χ1) is 10.8. The van der Waals surface area contributed by atoms with Crippen LogP contribution in [0.1, 0.15) is 31.2 Å². The molecular formula is C18H22N2O2.